The lowest BCUT2D eigenvalue weighted by atomic mass is 10.1. The molecule has 0 spiro atoms. The number of aliphatic imine (C=N–C) groups is 1. The number of rotatable bonds is 12. The van der Waals surface area contributed by atoms with E-state index in [1.165, 1.54) is 11.3 Å². The second kappa shape index (κ2) is 11.6. The van der Waals surface area contributed by atoms with Gasteiger partial charge in [-0.25, -0.2) is 9.78 Å². The molecule has 1 aromatic heterocycles. The molecule has 1 aromatic rings. The predicted octanol–water partition coefficient (Wildman–Crippen LogP) is 1.37. The van der Waals surface area contributed by atoms with Crippen molar-refractivity contribution >= 4 is 29.1 Å². The molecule has 1 aliphatic heterocycles. The first-order valence-electron chi connectivity index (χ1n) is 9.49. The molecule has 9 nitrogen and oxygen atoms in total. The summed E-state index contributed by atoms with van der Waals surface area (Å²) in [5.74, 6) is -0.579. The van der Waals surface area contributed by atoms with Gasteiger partial charge in [-0.05, 0) is 19.9 Å². The first-order valence-corrected chi connectivity index (χ1v) is 10.4. The molecule has 1 aliphatic rings. The highest BCUT2D eigenvalue weighted by Crippen LogP contribution is 2.15. The number of thiazole rings is 1. The molecule has 0 saturated carbocycles. The number of hydrogen-bond acceptors (Lipinski definition) is 9. The van der Waals surface area contributed by atoms with Crippen LogP contribution in [0.25, 0.3) is 0 Å². The van der Waals surface area contributed by atoms with Crippen LogP contribution in [0.5, 0.6) is 0 Å². The average Bonchev–Trinajstić information content (AvgIpc) is 3.19. The number of carbonyl (C=O) groups excluding carboxylic acids is 1. The van der Waals surface area contributed by atoms with Crippen LogP contribution in [0.1, 0.15) is 25.3 Å². The number of nitrogens with zero attached hydrogens (tertiary/aromatic N) is 3. The number of ether oxygens (including phenoxy) is 2. The standard InChI is InChI=1S/C19H28N4O5S/c1-4-28-19(26)14-10-21-17(18-20-5-8-29-18)22-15(14)11-23(3)6-7-27-12-13(2)9-16(24)25/h5,8,13H,4,6-7,9-12H2,1-3H3,(H,21,22)(H,24,25). The van der Waals surface area contributed by atoms with Gasteiger partial charge in [-0.15, -0.1) is 11.3 Å². The molecule has 0 aliphatic carbocycles. The number of carboxylic acid groups (broad SMARTS) is 1. The summed E-state index contributed by atoms with van der Waals surface area (Å²) in [6.07, 6.45) is 1.80. The third-order valence-corrected chi connectivity index (χ3v) is 4.94. The van der Waals surface area contributed by atoms with Crippen LogP contribution in [0.2, 0.25) is 0 Å². The van der Waals surface area contributed by atoms with E-state index in [2.05, 4.69) is 15.3 Å². The van der Waals surface area contributed by atoms with Crippen LogP contribution in [-0.2, 0) is 19.1 Å². The van der Waals surface area contributed by atoms with Gasteiger partial charge in [0.05, 0.1) is 31.8 Å². The fourth-order valence-electron chi connectivity index (χ4n) is 2.72. The lowest BCUT2D eigenvalue weighted by Gasteiger charge is -2.25. The molecule has 2 heterocycles. The third-order valence-electron chi connectivity index (χ3n) is 4.16. The summed E-state index contributed by atoms with van der Waals surface area (Å²) in [7, 11) is 1.93. The Balaban J connectivity index is 1.92. The van der Waals surface area contributed by atoms with Crippen LogP contribution >= 0.6 is 11.3 Å². The number of aliphatic carboxylic acids is 1. The molecule has 0 bridgehead atoms. The van der Waals surface area contributed by atoms with Crippen LogP contribution in [-0.4, -0.2) is 79.3 Å². The predicted molar refractivity (Wildman–Crippen MR) is 110 cm³/mol. The second-order valence-electron chi connectivity index (χ2n) is 6.82. The zero-order chi connectivity index (χ0) is 21.2. The van der Waals surface area contributed by atoms with Gasteiger partial charge in [-0.2, -0.15) is 0 Å². The molecule has 0 saturated heterocycles. The van der Waals surface area contributed by atoms with Crippen LogP contribution in [0.4, 0.5) is 0 Å². The fourth-order valence-corrected chi connectivity index (χ4v) is 3.32. The van der Waals surface area contributed by atoms with Gasteiger partial charge in [0.25, 0.3) is 0 Å². The van der Waals surface area contributed by atoms with Gasteiger partial charge in [0, 0.05) is 37.0 Å². The summed E-state index contributed by atoms with van der Waals surface area (Å²) < 4.78 is 10.7. The van der Waals surface area contributed by atoms with E-state index < -0.39 is 5.97 Å². The van der Waals surface area contributed by atoms with Gasteiger partial charge in [0.2, 0.25) is 0 Å². The Morgan fingerprint density at radius 3 is 2.90 bits per heavy atom. The minimum absolute atomic E-state index is 0.0343. The Kier molecular flexibility index (Phi) is 9.23. The van der Waals surface area contributed by atoms with Crippen molar-refractivity contribution in [2.24, 2.45) is 10.9 Å². The molecule has 160 valence electrons. The van der Waals surface area contributed by atoms with Gasteiger partial charge in [-0.1, -0.05) is 6.92 Å². The Morgan fingerprint density at radius 2 is 2.24 bits per heavy atom. The Bertz CT molecular complexity index is 748. The van der Waals surface area contributed by atoms with E-state index in [-0.39, 0.29) is 24.9 Å². The highest BCUT2D eigenvalue weighted by Gasteiger charge is 2.24. The number of esters is 1. The molecule has 29 heavy (non-hydrogen) atoms. The lowest BCUT2D eigenvalue weighted by Crippen LogP contribution is -2.38. The maximum absolute atomic E-state index is 12.3. The molecule has 2 rings (SSSR count). The molecule has 1 unspecified atom stereocenters. The zero-order valence-electron chi connectivity index (χ0n) is 17.0. The lowest BCUT2D eigenvalue weighted by molar-refractivity contribution is -0.139. The van der Waals surface area contributed by atoms with Gasteiger partial charge in [0.15, 0.2) is 10.8 Å². The van der Waals surface area contributed by atoms with Gasteiger partial charge in [0.1, 0.15) is 0 Å². The second-order valence-corrected chi connectivity index (χ2v) is 7.71. The molecular weight excluding hydrogens is 396 g/mol. The smallest absolute Gasteiger partial charge is 0.337 e. The van der Waals surface area contributed by atoms with E-state index >= 15 is 0 Å². The zero-order valence-corrected chi connectivity index (χ0v) is 17.8. The largest absolute Gasteiger partial charge is 0.481 e. The fraction of sp³-hybridized carbons (Fsp3) is 0.579. The third kappa shape index (κ3) is 7.56. The molecule has 0 aromatic carbocycles. The topological polar surface area (TPSA) is 113 Å². The van der Waals surface area contributed by atoms with E-state index in [0.29, 0.717) is 44.3 Å². The van der Waals surface area contributed by atoms with E-state index in [1.54, 1.807) is 13.1 Å². The molecule has 2 N–H and O–H groups in total. The van der Waals surface area contributed by atoms with E-state index in [9.17, 15) is 9.59 Å². The SMILES string of the molecule is CCOC(=O)C1=C(CN(C)CCOCC(C)CC(=O)O)NC(c2nccs2)=NC1. The average molecular weight is 425 g/mol. The Labute approximate surface area is 174 Å². The number of carbonyl (C=O) groups is 2. The molecule has 10 heteroatoms. The number of hydrogen-bond donors (Lipinski definition) is 2. The highest BCUT2D eigenvalue weighted by atomic mass is 32.1. The number of amidine groups is 1. The summed E-state index contributed by atoms with van der Waals surface area (Å²) in [5, 5.41) is 14.7. The number of likely N-dealkylation sites (N-methyl/N-ethyl adjacent to an activating group) is 1. The number of nitrogens with one attached hydrogen (secondary N) is 1. The molecular formula is C19H28N4O5S. The molecule has 0 radical (unpaired) electrons. The van der Waals surface area contributed by atoms with Crippen LogP contribution in [0.15, 0.2) is 27.8 Å². The van der Waals surface area contributed by atoms with Crippen molar-refractivity contribution in [3.8, 4) is 0 Å². The van der Waals surface area contributed by atoms with Crippen LogP contribution in [0, 0.1) is 5.92 Å². The van der Waals surface area contributed by atoms with Crippen molar-refractivity contribution in [3.05, 3.63) is 27.9 Å². The number of carboxylic acids is 1. The molecule has 0 amide bonds. The number of aromatic nitrogens is 1. The summed E-state index contributed by atoms with van der Waals surface area (Å²) in [6.45, 7) is 6.15. The first-order chi connectivity index (χ1) is 13.9. The first kappa shape index (κ1) is 23.0. The normalized spacial score (nSPS) is 15.1. The Hall–Kier alpha value is -2.30. The van der Waals surface area contributed by atoms with E-state index in [0.717, 1.165) is 10.7 Å². The summed E-state index contributed by atoms with van der Waals surface area (Å²) in [5.41, 5.74) is 1.25. The van der Waals surface area contributed by atoms with E-state index in [4.69, 9.17) is 14.6 Å². The summed E-state index contributed by atoms with van der Waals surface area (Å²) in [6, 6.07) is 0. The van der Waals surface area contributed by atoms with Gasteiger partial charge < -0.3 is 19.9 Å². The maximum Gasteiger partial charge on any atom is 0.337 e. The summed E-state index contributed by atoms with van der Waals surface area (Å²) >= 11 is 1.48. The maximum atomic E-state index is 12.3. The quantitative estimate of drug-likeness (QED) is 0.382. The monoisotopic (exact) mass is 424 g/mol. The van der Waals surface area contributed by atoms with Crippen molar-refractivity contribution in [1.82, 2.24) is 15.2 Å². The minimum Gasteiger partial charge on any atom is -0.481 e. The van der Waals surface area contributed by atoms with Crippen molar-refractivity contribution in [2.45, 2.75) is 20.3 Å². The van der Waals surface area contributed by atoms with E-state index in [1.807, 2.05) is 24.3 Å². The van der Waals surface area contributed by atoms with Gasteiger partial charge in [-0.3, -0.25) is 14.7 Å². The van der Waals surface area contributed by atoms with Crippen molar-refractivity contribution in [3.63, 3.8) is 0 Å². The van der Waals surface area contributed by atoms with Crippen LogP contribution < -0.4 is 5.32 Å². The molecule has 0 fully saturated rings. The minimum atomic E-state index is -0.822. The van der Waals surface area contributed by atoms with Crippen LogP contribution in [0.3, 0.4) is 0 Å². The molecule has 1 atom stereocenters. The summed E-state index contributed by atoms with van der Waals surface area (Å²) in [4.78, 5) is 33.7. The van der Waals surface area contributed by atoms with Crippen molar-refractivity contribution in [1.29, 1.82) is 0 Å². The van der Waals surface area contributed by atoms with Crippen molar-refractivity contribution in [2.75, 3.05) is 46.5 Å². The van der Waals surface area contributed by atoms with Crippen molar-refractivity contribution < 1.29 is 24.2 Å². The van der Waals surface area contributed by atoms with Gasteiger partial charge >= 0.3 is 11.9 Å². The Morgan fingerprint density at radius 1 is 1.45 bits per heavy atom. The highest BCUT2D eigenvalue weighted by molar-refractivity contribution is 7.11.